The van der Waals surface area contributed by atoms with E-state index in [1.54, 1.807) is 6.08 Å². The Morgan fingerprint density at radius 3 is 1.96 bits per heavy atom. The fraction of sp³-hybridized carbons (Fsp3) is 0.667. The number of ether oxygens (including phenoxy) is 1. The standard InChI is InChI=1S/C18H34O8P2/c1-5-13-24-15-18(4)11-7-9-16(2)8-6-10-17(3)12-14-25-28(22,23)26-27(19,20)21/h8,11-12H,5-7,9-10,13-15H2,1-4H3,(H,22,23)(H2,19,20,21)/b16-8+,17-12+,18-11+. The highest BCUT2D eigenvalue weighted by molar-refractivity contribution is 7.60. The van der Waals surface area contributed by atoms with Crippen molar-refractivity contribution in [3.8, 4) is 0 Å². The summed E-state index contributed by atoms with van der Waals surface area (Å²) in [6.07, 6.45) is 10.5. The minimum absolute atomic E-state index is 0.271. The molecule has 0 heterocycles. The van der Waals surface area contributed by atoms with E-state index in [0.717, 1.165) is 44.3 Å². The van der Waals surface area contributed by atoms with E-state index in [9.17, 15) is 9.13 Å². The van der Waals surface area contributed by atoms with E-state index in [2.05, 4.69) is 41.8 Å². The molecule has 0 aromatic heterocycles. The third kappa shape index (κ3) is 17.5. The van der Waals surface area contributed by atoms with Crippen LogP contribution >= 0.6 is 15.6 Å². The van der Waals surface area contributed by atoms with Crippen molar-refractivity contribution in [2.75, 3.05) is 19.8 Å². The first kappa shape index (κ1) is 27.4. The molecule has 164 valence electrons. The molecule has 0 aromatic rings. The van der Waals surface area contributed by atoms with Gasteiger partial charge in [0.15, 0.2) is 0 Å². The van der Waals surface area contributed by atoms with Crippen LogP contribution in [0, 0.1) is 0 Å². The van der Waals surface area contributed by atoms with E-state index >= 15 is 0 Å². The van der Waals surface area contributed by atoms with Crippen molar-refractivity contribution in [1.82, 2.24) is 0 Å². The molecule has 0 aliphatic carbocycles. The van der Waals surface area contributed by atoms with Gasteiger partial charge in [-0.15, -0.1) is 0 Å². The minimum Gasteiger partial charge on any atom is -0.377 e. The van der Waals surface area contributed by atoms with Crippen molar-refractivity contribution in [2.24, 2.45) is 0 Å². The molecule has 0 amide bonds. The highest BCUT2D eigenvalue weighted by Gasteiger charge is 2.31. The Morgan fingerprint density at radius 2 is 1.43 bits per heavy atom. The Kier molecular flexibility index (Phi) is 14.1. The second-order valence-electron chi connectivity index (χ2n) is 6.62. The van der Waals surface area contributed by atoms with E-state index in [0.29, 0.717) is 6.61 Å². The third-order valence-corrected chi connectivity index (χ3v) is 5.77. The molecule has 10 heteroatoms. The van der Waals surface area contributed by atoms with Gasteiger partial charge in [-0.3, -0.25) is 4.52 Å². The molecule has 0 saturated heterocycles. The molecule has 0 aliphatic heterocycles. The average Bonchev–Trinajstić information content (AvgIpc) is 2.52. The number of phosphoric acid groups is 2. The topological polar surface area (TPSA) is 123 Å². The second kappa shape index (κ2) is 14.4. The molecular formula is C18H34O8P2. The van der Waals surface area contributed by atoms with E-state index in [1.165, 1.54) is 11.1 Å². The van der Waals surface area contributed by atoms with E-state index < -0.39 is 15.6 Å². The normalized spacial score (nSPS) is 16.3. The van der Waals surface area contributed by atoms with Crippen LogP contribution in [-0.4, -0.2) is 34.5 Å². The second-order valence-corrected chi connectivity index (χ2v) is 9.45. The lowest BCUT2D eigenvalue weighted by molar-refractivity contribution is 0.156. The SMILES string of the molecule is CCCOC/C(C)=C/CC/C(C)=C/CC/C(C)=C/COP(=O)(O)OP(=O)(O)O. The highest BCUT2D eigenvalue weighted by Crippen LogP contribution is 2.57. The zero-order valence-electron chi connectivity index (χ0n) is 17.2. The zero-order chi connectivity index (χ0) is 21.6. The molecule has 0 aromatic carbocycles. The Labute approximate surface area is 168 Å². The number of allylic oxidation sites excluding steroid dienone is 4. The van der Waals surface area contributed by atoms with Gasteiger partial charge in [-0.05, 0) is 52.9 Å². The van der Waals surface area contributed by atoms with Gasteiger partial charge in [0.2, 0.25) is 0 Å². The molecule has 1 unspecified atom stereocenters. The summed E-state index contributed by atoms with van der Waals surface area (Å²) in [5.74, 6) is 0. The van der Waals surface area contributed by atoms with Gasteiger partial charge in [-0.25, -0.2) is 9.13 Å². The van der Waals surface area contributed by atoms with E-state index in [4.69, 9.17) is 19.4 Å². The molecule has 28 heavy (non-hydrogen) atoms. The lowest BCUT2D eigenvalue weighted by atomic mass is 10.1. The van der Waals surface area contributed by atoms with Crippen LogP contribution in [0.4, 0.5) is 0 Å². The Balaban J connectivity index is 4.15. The van der Waals surface area contributed by atoms with Crippen molar-refractivity contribution in [3.63, 3.8) is 0 Å². The van der Waals surface area contributed by atoms with E-state index in [1.807, 2.05) is 6.92 Å². The predicted octanol–water partition coefficient (Wildman–Crippen LogP) is 5.04. The molecule has 0 spiro atoms. The Hall–Kier alpha value is -0.560. The highest BCUT2D eigenvalue weighted by atomic mass is 31.3. The van der Waals surface area contributed by atoms with Gasteiger partial charge in [0, 0.05) is 6.61 Å². The molecule has 0 saturated carbocycles. The van der Waals surface area contributed by atoms with Crippen molar-refractivity contribution in [3.05, 3.63) is 34.9 Å². The van der Waals surface area contributed by atoms with Crippen LogP contribution in [-0.2, 0) is 22.7 Å². The molecule has 0 aliphatic rings. The fourth-order valence-corrected chi connectivity index (χ4v) is 3.69. The van der Waals surface area contributed by atoms with Gasteiger partial charge in [0.05, 0.1) is 13.2 Å². The Morgan fingerprint density at radius 1 is 0.893 bits per heavy atom. The number of rotatable bonds is 15. The number of phosphoric ester groups is 1. The summed E-state index contributed by atoms with van der Waals surface area (Å²) in [4.78, 5) is 26.2. The smallest absolute Gasteiger partial charge is 0.377 e. The van der Waals surface area contributed by atoms with Crippen molar-refractivity contribution in [1.29, 1.82) is 0 Å². The summed E-state index contributed by atoms with van der Waals surface area (Å²) in [5, 5.41) is 0. The van der Waals surface area contributed by atoms with Gasteiger partial charge in [0.25, 0.3) is 0 Å². The first-order chi connectivity index (χ1) is 12.9. The maximum absolute atomic E-state index is 11.3. The summed E-state index contributed by atoms with van der Waals surface area (Å²) >= 11 is 0. The summed E-state index contributed by atoms with van der Waals surface area (Å²) in [6, 6.07) is 0. The molecule has 8 nitrogen and oxygen atoms in total. The maximum atomic E-state index is 11.3. The molecular weight excluding hydrogens is 406 g/mol. The summed E-state index contributed by atoms with van der Waals surface area (Å²) in [5.41, 5.74) is 3.46. The minimum atomic E-state index is -5.08. The monoisotopic (exact) mass is 440 g/mol. The summed E-state index contributed by atoms with van der Waals surface area (Å²) in [6.45, 7) is 9.29. The van der Waals surface area contributed by atoms with Crippen LogP contribution in [0.1, 0.15) is 59.8 Å². The first-order valence-electron chi connectivity index (χ1n) is 9.24. The molecule has 0 bridgehead atoms. The van der Waals surface area contributed by atoms with Gasteiger partial charge in [-0.1, -0.05) is 41.9 Å². The molecule has 0 fully saturated rings. The quantitative estimate of drug-likeness (QED) is 0.184. The summed E-state index contributed by atoms with van der Waals surface area (Å²) < 4.78 is 35.6. The fourth-order valence-electron chi connectivity index (χ4n) is 2.16. The lowest BCUT2D eigenvalue weighted by Crippen LogP contribution is -1.96. The molecule has 0 rings (SSSR count). The zero-order valence-corrected chi connectivity index (χ0v) is 19.0. The molecule has 1 atom stereocenters. The van der Waals surface area contributed by atoms with Crippen molar-refractivity contribution < 1.29 is 37.4 Å². The third-order valence-electron chi connectivity index (χ3n) is 3.62. The van der Waals surface area contributed by atoms with Crippen LogP contribution < -0.4 is 0 Å². The van der Waals surface area contributed by atoms with Gasteiger partial charge in [-0.2, -0.15) is 4.31 Å². The average molecular weight is 440 g/mol. The first-order valence-corrected chi connectivity index (χ1v) is 12.3. The van der Waals surface area contributed by atoms with Crippen LogP contribution in [0.2, 0.25) is 0 Å². The van der Waals surface area contributed by atoms with Gasteiger partial charge >= 0.3 is 15.6 Å². The largest absolute Gasteiger partial charge is 0.481 e. The number of hydrogen-bond donors (Lipinski definition) is 3. The van der Waals surface area contributed by atoms with Crippen LogP contribution in [0.15, 0.2) is 34.9 Å². The molecule has 3 N–H and O–H groups in total. The molecule has 0 radical (unpaired) electrons. The number of hydrogen-bond acceptors (Lipinski definition) is 5. The lowest BCUT2D eigenvalue weighted by Gasteiger charge is -2.11. The van der Waals surface area contributed by atoms with E-state index in [-0.39, 0.29) is 6.61 Å². The van der Waals surface area contributed by atoms with Gasteiger partial charge in [0.1, 0.15) is 0 Å². The van der Waals surface area contributed by atoms with Crippen molar-refractivity contribution >= 4 is 15.6 Å². The van der Waals surface area contributed by atoms with Crippen LogP contribution in [0.5, 0.6) is 0 Å². The predicted molar refractivity (Wildman–Crippen MR) is 110 cm³/mol. The Bertz CT molecular complexity index is 633. The maximum Gasteiger partial charge on any atom is 0.481 e. The van der Waals surface area contributed by atoms with Crippen LogP contribution in [0.3, 0.4) is 0 Å². The van der Waals surface area contributed by atoms with Crippen LogP contribution in [0.25, 0.3) is 0 Å². The summed E-state index contributed by atoms with van der Waals surface area (Å²) in [7, 11) is -9.86. The van der Waals surface area contributed by atoms with Crippen molar-refractivity contribution in [2.45, 2.75) is 59.8 Å². The van der Waals surface area contributed by atoms with Gasteiger partial charge < -0.3 is 19.4 Å².